The number of hydrogen-bond donors (Lipinski definition) is 0. The average Bonchev–Trinajstić information content (AvgIpc) is 2.66. The normalized spacial score (nSPS) is 19.3. The molecule has 0 atom stereocenters. The molecule has 10 heavy (non-hydrogen) atoms. The lowest BCUT2D eigenvalue weighted by molar-refractivity contribution is -0.129. The smallest absolute Gasteiger partial charge is 0.220 e. The molecule has 0 spiro atoms. The second-order valence-electron chi connectivity index (χ2n) is 2.72. The van der Waals surface area contributed by atoms with Crippen molar-refractivity contribution >= 4 is 5.91 Å². The summed E-state index contributed by atoms with van der Waals surface area (Å²) in [6.07, 6.45) is 1.67. The lowest BCUT2D eigenvalue weighted by atomic mass is 10.3. The fraction of sp³-hybridized carbons (Fsp3) is 0.714. The monoisotopic (exact) mass is 138 g/mol. The third-order valence-electron chi connectivity index (χ3n) is 2.05. The van der Waals surface area contributed by atoms with Crippen LogP contribution in [0, 0.1) is 11.3 Å². The van der Waals surface area contributed by atoms with Crippen molar-refractivity contribution in [3.63, 3.8) is 0 Å². The van der Waals surface area contributed by atoms with Gasteiger partial charge in [0.25, 0.3) is 0 Å². The Balaban J connectivity index is 2.67. The maximum absolute atomic E-state index is 10.8. The van der Waals surface area contributed by atoms with Gasteiger partial charge in [0, 0.05) is 14.0 Å². The number of rotatable bonds is 1. The van der Waals surface area contributed by atoms with Gasteiger partial charge in [-0.05, 0) is 12.8 Å². The molecule has 1 aliphatic rings. The molecule has 3 nitrogen and oxygen atoms in total. The molecule has 0 saturated heterocycles. The molecular weight excluding hydrogens is 128 g/mol. The van der Waals surface area contributed by atoms with Crippen molar-refractivity contribution in [2.45, 2.75) is 25.3 Å². The van der Waals surface area contributed by atoms with Crippen molar-refractivity contribution in [2.75, 3.05) is 7.05 Å². The lowest BCUT2D eigenvalue weighted by Crippen LogP contribution is -2.36. The average molecular weight is 138 g/mol. The Bertz CT molecular complexity index is 200. The van der Waals surface area contributed by atoms with Crippen LogP contribution in [0.15, 0.2) is 0 Å². The van der Waals surface area contributed by atoms with Crippen molar-refractivity contribution in [1.29, 1.82) is 5.26 Å². The number of carbonyl (C=O) groups is 1. The fourth-order valence-electron chi connectivity index (χ4n) is 0.942. The van der Waals surface area contributed by atoms with Crippen LogP contribution in [0.1, 0.15) is 19.8 Å². The second kappa shape index (κ2) is 1.98. The predicted molar refractivity (Wildman–Crippen MR) is 36.0 cm³/mol. The van der Waals surface area contributed by atoms with E-state index in [9.17, 15) is 4.79 Å². The molecule has 1 aliphatic carbocycles. The summed E-state index contributed by atoms with van der Waals surface area (Å²) in [5.74, 6) is -0.0287. The second-order valence-corrected chi connectivity index (χ2v) is 2.72. The van der Waals surface area contributed by atoms with Crippen molar-refractivity contribution in [1.82, 2.24) is 4.90 Å². The largest absolute Gasteiger partial charge is 0.327 e. The maximum atomic E-state index is 10.8. The SMILES string of the molecule is CC(=O)N(C)C1(C#N)CC1. The first-order valence-electron chi connectivity index (χ1n) is 3.28. The van der Waals surface area contributed by atoms with Gasteiger partial charge in [-0.2, -0.15) is 5.26 Å². The van der Waals surface area contributed by atoms with E-state index >= 15 is 0 Å². The number of carbonyl (C=O) groups excluding carboxylic acids is 1. The maximum Gasteiger partial charge on any atom is 0.220 e. The summed E-state index contributed by atoms with van der Waals surface area (Å²) >= 11 is 0. The van der Waals surface area contributed by atoms with Crippen LogP contribution < -0.4 is 0 Å². The van der Waals surface area contributed by atoms with Gasteiger partial charge >= 0.3 is 0 Å². The Morgan fingerprint density at radius 2 is 2.20 bits per heavy atom. The Kier molecular flexibility index (Phi) is 1.40. The van der Waals surface area contributed by atoms with Crippen LogP contribution >= 0.6 is 0 Å². The number of nitrogens with zero attached hydrogens (tertiary/aromatic N) is 2. The molecule has 0 radical (unpaired) electrons. The van der Waals surface area contributed by atoms with Crippen molar-refractivity contribution in [2.24, 2.45) is 0 Å². The van der Waals surface area contributed by atoms with Gasteiger partial charge in [-0.1, -0.05) is 0 Å². The Labute approximate surface area is 60.2 Å². The molecule has 0 unspecified atom stereocenters. The van der Waals surface area contributed by atoms with E-state index in [-0.39, 0.29) is 5.91 Å². The minimum atomic E-state index is -0.439. The highest BCUT2D eigenvalue weighted by Gasteiger charge is 2.48. The summed E-state index contributed by atoms with van der Waals surface area (Å²) in [6.45, 7) is 1.48. The summed E-state index contributed by atoms with van der Waals surface area (Å²) < 4.78 is 0. The van der Waals surface area contributed by atoms with Crippen LogP contribution in [0.2, 0.25) is 0 Å². The van der Waals surface area contributed by atoms with Gasteiger partial charge < -0.3 is 4.90 Å². The Morgan fingerprint density at radius 1 is 1.70 bits per heavy atom. The highest BCUT2D eigenvalue weighted by molar-refractivity contribution is 5.75. The zero-order valence-corrected chi connectivity index (χ0v) is 6.22. The third-order valence-corrected chi connectivity index (χ3v) is 2.05. The summed E-state index contributed by atoms with van der Waals surface area (Å²) in [6, 6.07) is 2.14. The molecule has 1 saturated carbocycles. The van der Waals surface area contributed by atoms with E-state index in [0.29, 0.717) is 0 Å². The molecular formula is C7H10N2O. The van der Waals surface area contributed by atoms with E-state index in [1.165, 1.54) is 11.8 Å². The van der Waals surface area contributed by atoms with Crippen LogP contribution in [-0.2, 0) is 4.79 Å². The summed E-state index contributed by atoms with van der Waals surface area (Å²) in [5.41, 5.74) is -0.439. The quantitative estimate of drug-likeness (QED) is 0.530. The number of nitriles is 1. The van der Waals surface area contributed by atoms with E-state index in [4.69, 9.17) is 5.26 Å². The molecule has 0 aromatic rings. The van der Waals surface area contributed by atoms with Crippen molar-refractivity contribution in [3.05, 3.63) is 0 Å². The lowest BCUT2D eigenvalue weighted by Gasteiger charge is -2.19. The van der Waals surface area contributed by atoms with E-state index in [0.717, 1.165) is 12.8 Å². The molecule has 3 heteroatoms. The first kappa shape index (κ1) is 7.07. The summed E-state index contributed by atoms with van der Waals surface area (Å²) in [5, 5.41) is 8.63. The van der Waals surface area contributed by atoms with Crippen LogP contribution in [0.3, 0.4) is 0 Å². The van der Waals surface area contributed by atoms with Gasteiger partial charge in [0.05, 0.1) is 6.07 Å². The van der Waals surface area contributed by atoms with Crippen molar-refractivity contribution < 1.29 is 4.79 Å². The van der Waals surface area contributed by atoms with Crippen LogP contribution in [0.25, 0.3) is 0 Å². The zero-order chi connectivity index (χ0) is 7.78. The minimum absolute atomic E-state index is 0.0287. The molecule has 0 bridgehead atoms. The Hall–Kier alpha value is -1.04. The molecule has 0 heterocycles. The van der Waals surface area contributed by atoms with Crippen LogP contribution in [-0.4, -0.2) is 23.4 Å². The predicted octanol–water partition coefficient (Wildman–Crippen LogP) is 0.521. The van der Waals surface area contributed by atoms with Gasteiger partial charge in [-0.25, -0.2) is 0 Å². The van der Waals surface area contributed by atoms with Gasteiger partial charge in [0.1, 0.15) is 5.54 Å². The van der Waals surface area contributed by atoms with E-state index in [1.54, 1.807) is 7.05 Å². The molecule has 1 fully saturated rings. The van der Waals surface area contributed by atoms with Gasteiger partial charge in [-0.3, -0.25) is 4.79 Å². The number of hydrogen-bond acceptors (Lipinski definition) is 2. The molecule has 0 aromatic carbocycles. The van der Waals surface area contributed by atoms with Crippen molar-refractivity contribution in [3.8, 4) is 6.07 Å². The molecule has 0 aliphatic heterocycles. The topological polar surface area (TPSA) is 44.1 Å². The zero-order valence-electron chi connectivity index (χ0n) is 6.22. The van der Waals surface area contributed by atoms with Gasteiger partial charge in [-0.15, -0.1) is 0 Å². The standard InChI is InChI=1S/C7H10N2O/c1-6(10)9(2)7(5-8)3-4-7/h3-4H2,1-2H3. The van der Waals surface area contributed by atoms with E-state index in [2.05, 4.69) is 6.07 Å². The molecule has 1 amide bonds. The van der Waals surface area contributed by atoms with Gasteiger partial charge in [0.15, 0.2) is 0 Å². The highest BCUT2D eigenvalue weighted by Crippen LogP contribution is 2.39. The molecule has 1 rings (SSSR count). The minimum Gasteiger partial charge on any atom is -0.327 e. The van der Waals surface area contributed by atoms with E-state index in [1.807, 2.05) is 0 Å². The molecule has 54 valence electrons. The summed E-state index contributed by atoms with van der Waals surface area (Å²) in [4.78, 5) is 12.3. The highest BCUT2D eigenvalue weighted by atomic mass is 16.2. The first-order valence-corrected chi connectivity index (χ1v) is 3.28. The van der Waals surface area contributed by atoms with Gasteiger partial charge in [0.2, 0.25) is 5.91 Å². The molecule has 0 aromatic heterocycles. The number of amides is 1. The van der Waals surface area contributed by atoms with Crippen LogP contribution in [0.5, 0.6) is 0 Å². The van der Waals surface area contributed by atoms with Crippen LogP contribution in [0.4, 0.5) is 0 Å². The first-order chi connectivity index (χ1) is 4.62. The van der Waals surface area contributed by atoms with E-state index < -0.39 is 5.54 Å². The fourth-order valence-corrected chi connectivity index (χ4v) is 0.942. The third kappa shape index (κ3) is 0.860. The molecule has 0 N–H and O–H groups in total. The summed E-state index contributed by atoms with van der Waals surface area (Å²) in [7, 11) is 1.68. The Morgan fingerprint density at radius 3 is 2.30 bits per heavy atom.